The second-order valence-electron chi connectivity index (χ2n) is 4.06. The van der Waals surface area contributed by atoms with E-state index in [9.17, 15) is 4.39 Å². The van der Waals surface area contributed by atoms with E-state index in [0.29, 0.717) is 11.6 Å². The highest BCUT2D eigenvalue weighted by Crippen LogP contribution is 2.21. The van der Waals surface area contributed by atoms with Crippen molar-refractivity contribution in [2.45, 2.75) is 13.8 Å². The number of hydrogen-bond donors (Lipinski definition) is 1. The van der Waals surface area contributed by atoms with Crippen LogP contribution in [0.25, 0.3) is 0 Å². The fourth-order valence-corrected chi connectivity index (χ4v) is 1.93. The van der Waals surface area contributed by atoms with E-state index in [1.165, 1.54) is 12.1 Å². The van der Waals surface area contributed by atoms with Crippen LogP contribution in [0.2, 0.25) is 5.02 Å². The highest BCUT2D eigenvalue weighted by molar-refractivity contribution is 6.31. The van der Waals surface area contributed by atoms with Gasteiger partial charge in [0.15, 0.2) is 5.82 Å². The molecule has 0 atom stereocenters. The Balaban J connectivity index is 2.21. The maximum Gasteiger partial charge on any atom is 0.249 e. The minimum absolute atomic E-state index is 0.0443. The third-order valence-corrected chi connectivity index (χ3v) is 3.10. The molecule has 0 amide bonds. The van der Waals surface area contributed by atoms with Crippen LogP contribution in [0.4, 0.5) is 21.8 Å². The quantitative estimate of drug-likeness (QED) is 0.917. The number of nitrogens with one attached hydrogen (secondary N) is 1. The summed E-state index contributed by atoms with van der Waals surface area (Å²) in [4.78, 5) is 6.42. The van der Waals surface area contributed by atoms with Gasteiger partial charge in [-0.25, -0.2) is 4.39 Å². The monoisotopic (exact) mass is 295 g/mol. The number of aromatic nitrogens is 3. The lowest BCUT2D eigenvalue weighted by molar-refractivity contribution is 0.628. The average molecular weight is 296 g/mol. The average Bonchev–Trinajstić information content (AvgIpc) is 2.45. The van der Waals surface area contributed by atoms with Crippen LogP contribution in [0.5, 0.6) is 0 Å². The molecule has 2 rings (SSSR count). The SMILES string of the molecule is CCN(CC)c1cnnc(Nc2ccc(F)c(Cl)c2)n1. The van der Waals surface area contributed by atoms with Crippen LogP contribution in [-0.2, 0) is 0 Å². The van der Waals surface area contributed by atoms with Gasteiger partial charge < -0.3 is 10.2 Å². The second-order valence-corrected chi connectivity index (χ2v) is 4.47. The van der Waals surface area contributed by atoms with Gasteiger partial charge in [-0.1, -0.05) is 11.6 Å². The Kier molecular flexibility index (Phi) is 4.68. The van der Waals surface area contributed by atoms with E-state index < -0.39 is 5.82 Å². The van der Waals surface area contributed by atoms with Crippen molar-refractivity contribution in [3.05, 3.63) is 35.2 Å². The van der Waals surface area contributed by atoms with Crippen LogP contribution in [0.1, 0.15) is 13.8 Å². The van der Waals surface area contributed by atoms with Gasteiger partial charge in [-0.3, -0.25) is 0 Å². The lowest BCUT2D eigenvalue weighted by Crippen LogP contribution is -2.23. The fraction of sp³-hybridized carbons (Fsp3) is 0.308. The Bertz CT molecular complexity index is 589. The molecule has 1 aromatic carbocycles. The molecular formula is C13H15ClFN5. The molecule has 20 heavy (non-hydrogen) atoms. The van der Waals surface area contributed by atoms with E-state index in [4.69, 9.17) is 11.6 Å². The van der Waals surface area contributed by atoms with Gasteiger partial charge in [-0.15, -0.1) is 5.10 Å². The van der Waals surface area contributed by atoms with Crippen LogP contribution >= 0.6 is 11.6 Å². The zero-order valence-corrected chi connectivity index (χ0v) is 12.0. The highest BCUT2D eigenvalue weighted by atomic mass is 35.5. The third kappa shape index (κ3) is 3.33. The van der Waals surface area contributed by atoms with E-state index in [1.54, 1.807) is 12.3 Å². The van der Waals surface area contributed by atoms with Crippen molar-refractivity contribution in [2.24, 2.45) is 0 Å². The molecule has 0 saturated heterocycles. The van der Waals surface area contributed by atoms with Gasteiger partial charge in [0, 0.05) is 18.8 Å². The summed E-state index contributed by atoms with van der Waals surface area (Å²) in [5, 5.41) is 10.8. The number of benzene rings is 1. The Morgan fingerprint density at radius 2 is 2.05 bits per heavy atom. The molecule has 1 N–H and O–H groups in total. The van der Waals surface area contributed by atoms with Crippen LogP contribution in [-0.4, -0.2) is 28.3 Å². The topological polar surface area (TPSA) is 53.9 Å². The maximum absolute atomic E-state index is 13.1. The summed E-state index contributed by atoms with van der Waals surface area (Å²) in [5.74, 6) is 0.617. The molecule has 1 heterocycles. The van der Waals surface area contributed by atoms with E-state index in [0.717, 1.165) is 18.9 Å². The van der Waals surface area contributed by atoms with Crippen LogP contribution in [0, 0.1) is 5.82 Å². The third-order valence-electron chi connectivity index (χ3n) is 2.81. The summed E-state index contributed by atoms with van der Waals surface area (Å²) >= 11 is 5.73. The molecule has 0 radical (unpaired) electrons. The normalized spacial score (nSPS) is 10.4. The van der Waals surface area contributed by atoms with Crippen molar-refractivity contribution in [1.29, 1.82) is 0 Å². The molecule has 0 bridgehead atoms. The molecule has 7 heteroatoms. The zero-order valence-electron chi connectivity index (χ0n) is 11.3. The first-order valence-corrected chi connectivity index (χ1v) is 6.68. The summed E-state index contributed by atoms with van der Waals surface area (Å²) in [6, 6.07) is 4.32. The summed E-state index contributed by atoms with van der Waals surface area (Å²) < 4.78 is 13.1. The van der Waals surface area contributed by atoms with Gasteiger partial charge >= 0.3 is 0 Å². The van der Waals surface area contributed by atoms with E-state index in [-0.39, 0.29) is 5.02 Å². The molecular weight excluding hydrogens is 281 g/mol. The Morgan fingerprint density at radius 3 is 2.70 bits per heavy atom. The fourth-order valence-electron chi connectivity index (χ4n) is 1.75. The zero-order chi connectivity index (χ0) is 14.5. The summed E-state index contributed by atoms with van der Waals surface area (Å²) in [6.45, 7) is 5.74. The van der Waals surface area contributed by atoms with Gasteiger partial charge in [-0.2, -0.15) is 10.1 Å². The number of hydrogen-bond acceptors (Lipinski definition) is 5. The van der Waals surface area contributed by atoms with Crippen LogP contribution in [0.15, 0.2) is 24.4 Å². The Morgan fingerprint density at radius 1 is 1.30 bits per heavy atom. The minimum atomic E-state index is -0.465. The molecule has 2 aromatic rings. The van der Waals surface area contributed by atoms with E-state index >= 15 is 0 Å². The maximum atomic E-state index is 13.1. The Hall–Kier alpha value is -1.95. The van der Waals surface area contributed by atoms with Crippen molar-refractivity contribution in [3.8, 4) is 0 Å². The largest absolute Gasteiger partial charge is 0.356 e. The predicted octanol–water partition coefficient (Wildman–Crippen LogP) is 3.25. The molecule has 1 aromatic heterocycles. The number of anilines is 3. The van der Waals surface area contributed by atoms with Gasteiger partial charge in [0.05, 0.1) is 11.2 Å². The number of rotatable bonds is 5. The van der Waals surface area contributed by atoms with E-state index in [2.05, 4.69) is 25.4 Å². The van der Waals surface area contributed by atoms with Gasteiger partial charge in [0.1, 0.15) is 5.82 Å². The Labute approximate surface area is 121 Å². The molecule has 0 saturated carbocycles. The minimum Gasteiger partial charge on any atom is -0.356 e. The molecule has 5 nitrogen and oxygen atoms in total. The highest BCUT2D eigenvalue weighted by Gasteiger charge is 2.07. The van der Waals surface area contributed by atoms with E-state index in [1.807, 2.05) is 13.8 Å². The summed E-state index contributed by atoms with van der Waals surface area (Å²) in [5.41, 5.74) is 0.606. The molecule has 0 aliphatic carbocycles. The van der Waals surface area contributed by atoms with Crippen LogP contribution in [0.3, 0.4) is 0 Å². The first-order valence-electron chi connectivity index (χ1n) is 6.30. The molecule has 0 fully saturated rings. The lowest BCUT2D eigenvalue weighted by atomic mass is 10.3. The summed E-state index contributed by atoms with van der Waals surface area (Å²) in [6.07, 6.45) is 1.61. The van der Waals surface area contributed by atoms with Gasteiger partial charge in [0.2, 0.25) is 5.95 Å². The smallest absolute Gasteiger partial charge is 0.249 e. The summed E-state index contributed by atoms with van der Waals surface area (Å²) in [7, 11) is 0. The second kappa shape index (κ2) is 6.47. The molecule has 0 spiro atoms. The van der Waals surface area contributed by atoms with Gasteiger partial charge in [-0.05, 0) is 32.0 Å². The molecule has 0 aliphatic rings. The first-order chi connectivity index (χ1) is 9.63. The van der Waals surface area contributed by atoms with Crippen molar-refractivity contribution in [2.75, 3.05) is 23.3 Å². The number of nitrogens with zero attached hydrogens (tertiary/aromatic N) is 4. The predicted molar refractivity (Wildman–Crippen MR) is 78.1 cm³/mol. The lowest BCUT2D eigenvalue weighted by Gasteiger charge is -2.19. The van der Waals surface area contributed by atoms with Crippen molar-refractivity contribution in [1.82, 2.24) is 15.2 Å². The van der Waals surface area contributed by atoms with Gasteiger partial charge in [0.25, 0.3) is 0 Å². The first kappa shape index (κ1) is 14.5. The molecule has 0 unspecified atom stereocenters. The number of halogens is 2. The van der Waals surface area contributed by atoms with Crippen molar-refractivity contribution < 1.29 is 4.39 Å². The standard InChI is InChI=1S/C13H15ClFN5/c1-3-20(4-2)12-8-16-19-13(18-12)17-9-5-6-11(15)10(14)7-9/h5-8H,3-4H2,1-2H3,(H,17,18,19). The van der Waals surface area contributed by atoms with Crippen molar-refractivity contribution >= 4 is 29.1 Å². The van der Waals surface area contributed by atoms with Crippen molar-refractivity contribution in [3.63, 3.8) is 0 Å². The van der Waals surface area contributed by atoms with Crippen LogP contribution < -0.4 is 10.2 Å². The molecule has 0 aliphatic heterocycles. The molecule has 106 valence electrons.